The lowest BCUT2D eigenvalue weighted by molar-refractivity contribution is 0.0839. The maximum atomic E-state index is 9.71. The topological polar surface area (TPSA) is 66.3 Å². The summed E-state index contributed by atoms with van der Waals surface area (Å²) in [6.07, 6.45) is 6.88. The van der Waals surface area contributed by atoms with E-state index in [9.17, 15) is 5.11 Å². The van der Waals surface area contributed by atoms with Crippen LogP contribution in [0.5, 0.6) is 11.5 Å². The molecule has 2 aliphatic heterocycles. The van der Waals surface area contributed by atoms with Crippen LogP contribution in [0.4, 0.5) is 0 Å². The number of nitrogens with zero attached hydrogens (tertiary/aromatic N) is 2. The molecule has 4 aromatic rings. The maximum Gasteiger partial charge on any atom is 0.128 e. The van der Waals surface area contributed by atoms with Crippen LogP contribution in [-0.4, -0.2) is 62.3 Å². The number of rotatable bonds is 12. The molecule has 6 rings (SSSR count). The molecule has 2 aliphatic rings. The number of aliphatic hydroxyl groups excluding tert-OH is 1. The van der Waals surface area contributed by atoms with Crippen molar-refractivity contribution in [2.75, 3.05) is 40.5 Å². The maximum absolute atomic E-state index is 9.71. The number of likely N-dealkylation sites (tertiary alicyclic amines) is 1. The molecule has 0 amide bonds. The standard InChI is InChI=1S/C22H27BrClNO2.C18H18BrClN2O/c1-27-22-11-9-18(23)13-16(22)8-10-20-17(5-4-7-21(20)24)14-25-12-3-2-6-19(25)15-26;1-23-17-8-6-13(19)11-12(17)5-7-14-15(3-2-4-16(14)20)18-21-9-10-22-18/h4-5,7,9,11,13,19,26H,2-3,6,8,10,12,14-15H2,1H3;2-4,6,8,11H,5,7,9-10H2,1H3,(H,21,22). The van der Waals surface area contributed by atoms with E-state index >= 15 is 0 Å². The molecule has 266 valence electrons. The molecular formula is C40H45Br2Cl2N3O3. The Bertz CT molecular complexity index is 1770. The first-order chi connectivity index (χ1) is 24.3. The summed E-state index contributed by atoms with van der Waals surface area (Å²) in [7, 11) is 3.41. The van der Waals surface area contributed by atoms with Crippen LogP contribution in [0, 0.1) is 0 Å². The van der Waals surface area contributed by atoms with E-state index in [1.54, 1.807) is 14.2 Å². The summed E-state index contributed by atoms with van der Waals surface area (Å²) in [6, 6.07) is 24.6. The zero-order chi connectivity index (χ0) is 35.5. The lowest BCUT2D eigenvalue weighted by Crippen LogP contribution is -2.41. The second-order valence-electron chi connectivity index (χ2n) is 12.5. The molecule has 0 aliphatic carbocycles. The van der Waals surface area contributed by atoms with Crippen molar-refractivity contribution < 1.29 is 14.6 Å². The number of aliphatic imine (C=N–C) groups is 1. The minimum Gasteiger partial charge on any atom is -0.496 e. The van der Waals surface area contributed by atoms with Gasteiger partial charge in [0.2, 0.25) is 0 Å². The number of piperidine rings is 1. The smallest absolute Gasteiger partial charge is 0.128 e. The number of amidine groups is 1. The summed E-state index contributed by atoms with van der Waals surface area (Å²) >= 11 is 20.1. The van der Waals surface area contributed by atoms with E-state index in [1.165, 1.54) is 29.5 Å². The number of benzene rings is 4. The fraction of sp³-hybridized carbons (Fsp3) is 0.375. The molecule has 0 aromatic heterocycles. The van der Waals surface area contributed by atoms with E-state index in [0.29, 0.717) is 0 Å². The first-order valence-electron chi connectivity index (χ1n) is 17.1. The molecule has 1 fully saturated rings. The molecule has 1 unspecified atom stereocenters. The average Bonchev–Trinajstić information content (AvgIpc) is 3.67. The van der Waals surface area contributed by atoms with Gasteiger partial charge in [-0.3, -0.25) is 9.89 Å². The van der Waals surface area contributed by atoms with Gasteiger partial charge in [0.15, 0.2) is 0 Å². The van der Waals surface area contributed by atoms with Crippen LogP contribution in [0.1, 0.15) is 52.6 Å². The van der Waals surface area contributed by atoms with Crippen LogP contribution in [0.15, 0.2) is 86.7 Å². The Labute approximate surface area is 323 Å². The molecule has 0 bridgehead atoms. The van der Waals surface area contributed by atoms with Crippen LogP contribution >= 0.6 is 55.1 Å². The molecule has 10 heteroatoms. The Morgan fingerprint density at radius 2 is 1.42 bits per heavy atom. The largest absolute Gasteiger partial charge is 0.496 e. The van der Waals surface area contributed by atoms with Gasteiger partial charge >= 0.3 is 0 Å². The third-order valence-corrected chi connectivity index (χ3v) is 11.1. The van der Waals surface area contributed by atoms with Gasteiger partial charge in [0.05, 0.1) is 27.4 Å². The molecule has 2 heterocycles. The van der Waals surface area contributed by atoms with Crippen molar-refractivity contribution in [2.45, 2.75) is 57.5 Å². The molecule has 2 N–H and O–H groups in total. The Hall–Kier alpha value is -2.59. The second kappa shape index (κ2) is 19.3. The molecule has 1 atom stereocenters. The van der Waals surface area contributed by atoms with Crippen LogP contribution in [0.25, 0.3) is 0 Å². The average molecular weight is 847 g/mol. The van der Waals surface area contributed by atoms with Gasteiger partial charge in [-0.2, -0.15) is 0 Å². The predicted molar refractivity (Wildman–Crippen MR) is 214 cm³/mol. The molecule has 4 aromatic carbocycles. The Morgan fingerprint density at radius 3 is 2.02 bits per heavy atom. The van der Waals surface area contributed by atoms with Gasteiger partial charge in [-0.1, -0.05) is 85.7 Å². The summed E-state index contributed by atoms with van der Waals surface area (Å²) in [5, 5.41) is 14.6. The minimum absolute atomic E-state index is 0.227. The second-order valence-corrected chi connectivity index (χ2v) is 15.2. The van der Waals surface area contributed by atoms with Crippen LogP contribution in [0.2, 0.25) is 10.0 Å². The fourth-order valence-electron chi connectivity index (χ4n) is 6.74. The van der Waals surface area contributed by atoms with Crippen molar-refractivity contribution in [3.8, 4) is 11.5 Å². The lowest BCUT2D eigenvalue weighted by Gasteiger charge is -2.35. The van der Waals surface area contributed by atoms with Gasteiger partial charge in [-0.15, -0.1) is 0 Å². The first-order valence-corrected chi connectivity index (χ1v) is 19.5. The molecule has 0 saturated carbocycles. The third-order valence-electron chi connectivity index (χ3n) is 9.37. The lowest BCUT2D eigenvalue weighted by atomic mass is 9.97. The van der Waals surface area contributed by atoms with Crippen LogP contribution in [0.3, 0.4) is 0 Å². The van der Waals surface area contributed by atoms with Crippen LogP contribution < -0.4 is 14.8 Å². The summed E-state index contributed by atoms with van der Waals surface area (Å²) in [4.78, 5) is 6.93. The predicted octanol–water partition coefficient (Wildman–Crippen LogP) is 9.49. The highest BCUT2D eigenvalue weighted by Gasteiger charge is 2.23. The van der Waals surface area contributed by atoms with Gasteiger partial charge in [-0.25, -0.2) is 0 Å². The third kappa shape index (κ3) is 10.3. The number of nitrogens with one attached hydrogen (secondary N) is 1. The number of halogens is 4. The normalized spacial score (nSPS) is 15.9. The molecule has 1 saturated heterocycles. The highest BCUT2D eigenvalue weighted by atomic mass is 79.9. The van der Waals surface area contributed by atoms with Crippen molar-refractivity contribution in [2.24, 2.45) is 4.99 Å². The number of methoxy groups -OCH3 is 2. The zero-order valence-electron chi connectivity index (χ0n) is 28.7. The van der Waals surface area contributed by atoms with E-state index in [0.717, 1.165) is 111 Å². The van der Waals surface area contributed by atoms with E-state index in [2.05, 4.69) is 71.3 Å². The number of ether oxygens (including phenoxy) is 2. The molecule has 50 heavy (non-hydrogen) atoms. The summed E-state index contributed by atoms with van der Waals surface area (Å²) < 4.78 is 13.1. The van der Waals surface area contributed by atoms with Crippen molar-refractivity contribution in [3.63, 3.8) is 0 Å². The zero-order valence-corrected chi connectivity index (χ0v) is 33.3. The molecule has 0 spiro atoms. The Morgan fingerprint density at radius 1 is 0.800 bits per heavy atom. The van der Waals surface area contributed by atoms with Gasteiger partial charge in [0, 0.05) is 43.7 Å². The first kappa shape index (κ1) is 38.6. The van der Waals surface area contributed by atoms with Gasteiger partial charge in [0.1, 0.15) is 17.3 Å². The van der Waals surface area contributed by atoms with Gasteiger partial charge in [-0.05, 0) is 121 Å². The quantitative estimate of drug-likeness (QED) is 0.149. The van der Waals surface area contributed by atoms with Crippen molar-refractivity contribution >= 4 is 60.9 Å². The fourth-order valence-corrected chi connectivity index (χ4v) is 8.12. The highest BCUT2D eigenvalue weighted by Crippen LogP contribution is 2.30. The Balaban J connectivity index is 0.000000197. The number of aryl methyl sites for hydroxylation is 2. The minimum atomic E-state index is 0.227. The number of aliphatic hydroxyl groups is 1. The van der Waals surface area contributed by atoms with Gasteiger partial charge < -0.3 is 19.9 Å². The van der Waals surface area contributed by atoms with Crippen molar-refractivity contribution in [1.82, 2.24) is 10.2 Å². The summed E-state index contributed by atoms with van der Waals surface area (Å²) in [5.41, 5.74) is 7.02. The Kier molecular flexibility index (Phi) is 14.9. The van der Waals surface area contributed by atoms with E-state index in [-0.39, 0.29) is 12.6 Å². The van der Waals surface area contributed by atoms with Crippen LogP contribution in [-0.2, 0) is 32.2 Å². The van der Waals surface area contributed by atoms with Crippen molar-refractivity contribution in [3.05, 3.63) is 125 Å². The highest BCUT2D eigenvalue weighted by molar-refractivity contribution is 9.10. The summed E-state index contributed by atoms with van der Waals surface area (Å²) in [5.74, 6) is 2.75. The van der Waals surface area contributed by atoms with Crippen molar-refractivity contribution in [1.29, 1.82) is 0 Å². The number of hydrogen-bond donors (Lipinski definition) is 2. The van der Waals surface area contributed by atoms with E-state index in [4.69, 9.17) is 32.7 Å². The SMILES string of the molecule is COc1ccc(Br)cc1CCc1c(Cl)cccc1C1=NCCN1.COc1ccc(Br)cc1CCc1c(Cl)cccc1CN1CCCCC1CO. The molecule has 0 radical (unpaired) electrons. The molecule has 6 nitrogen and oxygen atoms in total. The van der Waals surface area contributed by atoms with E-state index < -0.39 is 0 Å². The summed E-state index contributed by atoms with van der Waals surface area (Å²) in [6.45, 7) is 3.82. The number of hydrogen-bond acceptors (Lipinski definition) is 6. The van der Waals surface area contributed by atoms with E-state index in [1.807, 2.05) is 48.5 Å². The van der Waals surface area contributed by atoms with Gasteiger partial charge in [0.25, 0.3) is 0 Å². The monoisotopic (exact) mass is 843 g/mol. The molecular weight excluding hydrogens is 801 g/mol.